The molecule has 2 atom stereocenters. The minimum atomic E-state index is -0.843. The number of carbonyl (C=O) groups excluding carboxylic acids is 2. The molecule has 1 fully saturated rings. The first-order valence-corrected chi connectivity index (χ1v) is 13.7. The summed E-state index contributed by atoms with van der Waals surface area (Å²) >= 11 is 12.4. The summed E-state index contributed by atoms with van der Waals surface area (Å²) < 4.78 is 21.7. The second kappa shape index (κ2) is 12.6. The lowest BCUT2D eigenvalue weighted by atomic mass is 9.95. The number of hydrogen-bond donors (Lipinski definition) is 2. The fourth-order valence-corrected chi connectivity index (χ4v) is 5.07. The Labute approximate surface area is 257 Å². The Balaban J connectivity index is 1.46. The summed E-state index contributed by atoms with van der Waals surface area (Å²) in [6, 6.07) is 18.0. The van der Waals surface area contributed by atoms with E-state index in [-0.39, 0.29) is 5.95 Å². The van der Waals surface area contributed by atoms with E-state index in [1.165, 1.54) is 21.3 Å². The number of ether oxygens (including phenoxy) is 4. The third-order valence-electron chi connectivity index (χ3n) is 6.76. The first kappa shape index (κ1) is 29.7. The largest absolute Gasteiger partial charge is 0.497 e. The van der Waals surface area contributed by atoms with Crippen LogP contribution in [-0.4, -0.2) is 60.7 Å². The third kappa shape index (κ3) is 6.08. The van der Waals surface area contributed by atoms with E-state index in [0.29, 0.717) is 45.0 Å². The van der Waals surface area contributed by atoms with E-state index < -0.39 is 23.4 Å². The highest BCUT2D eigenvalue weighted by Gasteiger charge is 2.48. The molecule has 1 aliphatic heterocycles. The van der Waals surface area contributed by atoms with Gasteiger partial charge < -0.3 is 18.9 Å². The Morgan fingerprint density at radius 1 is 0.814 bits per heavy atom. The molecule has 0 aliphatic carbocycles. The van der Waals surface area contributed by atoms with Gasteiger partial charge in [-0.1, -0.05) is 35.9 Å². The normalized spacial score (nSPS) is 15.8. The molecule has 3 amide bonds. The van der Waals surface area contributed by atoms with Crippen molar-refractivity contribution in [3.8, 4) is 45.5 Å². The highest BCUT2D eigenvalue weighted by Crippen LogP contribution is 2.41. The number of carbonyl (C=O) groups is 2. The fourth-order valence-electron chi connectivity index (χ4n) is 4.58. The molecule has 2 unspecified atom stereocenters. The Bertz CT molecular complexity index is 1630. The van der Waals surface area contributed by atoms with Crippen molar-refractivity contribution in [2.75, 3.05) is 33.8 Å². The van der Waals surface area contributed by atoms with Gasteiger partial charge in [-0.2, -0.15) is 0 Å². The molecular weight excluding hydrogens is 597 g/mol. The predicted octanol–water partition coefficient (Wildman–Crippen LogP) is 5.73. The minimum absolute atomic E-state index is 0.0231. The first-order valence-electron chi connectivity index (χ1n) is 12.9. The fraction of sp³-hybridized carbons (Fsp3) is 0.200. The number of nitrogens with one attached hydrogen (secondary N) is 2. The molecule has 1 aromatic heterocycles. The van der Waals surface area contributed by atoms with Crippen LogP contribution in [0.15, 0.2) is 66.7 Å². The highest BCUT2D eigenvalue weighted by molar-refractivity contribution is 6.33. The summed E-state index contributed by atoms with van der Waals surface area (Å²) in [4.78, 5) is 34.8. The van der Waals surface area contributed by atoms with Crippen LogP contribution in [0.1, 0.15) is 11.6 Å². The second-order valence-corrected chi connectivity index (χ2v) is 10.2. The maximum Gasteiger partial charge on any atom is 0.340 e. The van der Waals surface area contributed by atoms with Gasteiger partial charge in [-0.3, -0.25) is 10.1 Å². The van der Waals surface area contributed by atoms with Gasteiger partial charge in [0.1, 0.15) is 17.2 Å². The van der Waals surface area contributed by atoms with Crippen LogP contribution in [0, 0.1) is 0 Å². The predicted molar refractivity (Wildman–Crippen MR) is 162 cm³/mol. The first-order chi connectivity index (χ1) is 20.8. The van der Waals surface area contributed by atoms with Crippen LogP contribution in [0.3, 0.4) is 0 Å². The highest BCUT2D eigenvalue weighted by atomic mass is 35.5. The summed E-state index contributed by atoms with van der Waals surface area (Å²) in [6.45, 7) is 0. The topological polar surface area (TPSA) is 124 Å². The third-order valence-corrected chi connectivity index (χ3v) is 7.44. The van der Waals surface area contributed by atoms with Crippen LogP contribution in [-0.2, 0) is 4.79 Å². The Hall–Kier alpha value is -4.74. The van der Waals surface area contributed by atoms with Gasteiger partial charge in [-0.15, -0.1) is 11.6 Å². The van der Waals surface area contributed by atoms with Crippen LogP contribution < -0.4 is 29.7 Å². The number of hydrogen-bond acceptors (Lipinski definition) is 8. The van der Waals surface area contributed by atoms with Gasteiger partial charge in [0.05, 0.1) is 39.8 Å². The molecule has 0 bridgehead atoms. The van der Waals surface area contributed by atoms with Crippen molar-refractivity contribution in [1.29, 1.82) is 0 Å². The van der Waals surface area contributed by atoms with Crippen LogP contribution in [0.25, 0.3) is 22.5 Å². The monoisotopic (exact) mass is 623 g/mol. The van der Waals surface area contributed by atoms with E-state index in [9.17, 15) is 9.59 Å². The molecule has 13 heteroatoms. The van der Waals surface area contributed by atoms with E-state index >= 15 is 0 Å². The number of hydrazine groups is 1. The molecule has 4 aromatic rings. The summed E-state index contributed by atoms with van der Waals surface area (Å²) in [7, 11) is 6.10. The van der Waals surface area contributed by atoms with Gasteiger partial charge in [0.2, 0.25) is 11.7 Å². The maximum absolute atomic E-state index is 13.1. The number of rotatable bonds is 9. The van der Waals surface area contributed by atoms with Gasteiger partial charge in [-0.25, -0.2) is 25.2 Å². The zero-order valence-electron chi connectivity index (χ0n) is 23.6. The molecule has 11 nitrogen and oxygen atoms in total. The van der Waals surface area contributed by atoms with Gasteiger partial charge >= 0.3 is 6.03 Å². The quantitative estimate of drug-likeness (QED) is 0.179. The van der Waals surface area contributed by atoms with E-state index in [1.54, 1.807) is 73.8 Å². The lowest BCUT2D eigenvalue weighted by Crippen LogP contribution is -2.63. The number of alkyl halides is 1. The summed E-state index contributed by atoms with van der Waals surface area (Å²) in [5.74, 6) is 1.44. The molecule has 1 aliphatic rings. The Morgan fingerprint density at radius 3 is 1.98 bits per heavy atom. The average molecular weight is 624 g/mol. The summed E-state index contributed by atoms with van der Waals surface area (Å²) in [6.07, 6.45) is 0. The molecule has 1 saturated heterocycles. The molecule has 0 spiro atoms. The van der Waals surface area contributed by atoms with Crippen molar-refractivity contribution in [2.24, 2.45) is 0 Å². The van der Waals surface area contributed by atoms with Crippen LogP contribution >= 0.6 is 23.2 Å². The molecule has 5 rings (SSSR count). The van der Waals surface area contributed by atoms with Crippen molar-refractivity contribution < 1.29 is 28.5 Å². The number of urea groups is 1. The number of β-lactam (4-membered cyclic amide) rings is 1. The van der Waals surface area contributed by atoms with Crippen LogP contribution in [0.2, 0.25) is 5.02 Å². The number of anilines is 1. The molecule has 222 valence electrons. The SMILES string of the molecule is COc1ccc(C2C(Cl)C(=O)N2NC(=O)Nc2nc(-c3ccc(Cl)cc3)cc(-c3cc(OC)c(OC)c(OC)c3)n2)cc1. The van der Waals surface area contributed by atoms with E-state index in [2.05, 4.69) is 20.7 Å². The molecule has 2 N–H and O–H groups in total. The van der Waals surface area contributed by atoms with Gasteiger partial charge in [0.25, 0.3) is 5.91 Å². The minimum Gasteiger partial charge on any atom is -0.497 e. The molecule has 3 aromatic carbocycles. The maximum atomic E-state index is 13.1. The Kier molecular flexibility index (Phi) is 8.74. The smallest absolute Gasteiger partial charge is 0.340 e. The van der Waals surface area contributed by atoms with Crippen molar-refractivity contribution in [3.63, 3.8) is 0 Å². The molecular formula is C30H27Cl2N5O6. The molecule has 0 saturated carbocycles. The zero-order valence-corrected chi connectivity index (χ0v) is 25.1. The van der Waals surface area contributed by atoms with Gasteiger partial charge in [-0.05, 0) is 48.0 Å². The number of aromatic nitrogens is 2. The van der Waals surface area contributed by atoms with Crippen molar-refractivity contribution in [1.82, 2.24) is 20.4 Å². The lowest BCUT2D eigenvalue weighted by molar-refractivity contribution is -0.149. The van der Waals surface area contributed by atoms with Crippen molar-refractivity contribution in [2.45, 2.75) is 11.4 Å². The average Bonchev–Trinajstić information content (AvgIpc) is 3.03. The number of halogens is 2. The van der Waals surface area contributed by atoms with Gasteiger partial charge in [0.15, 0.2) is 11.5 Å². The molecule has 0 radical (unpaired) electrons. The van der Waals surface area contributed by atoms with E-state index in [1.807, 2.05) is 0 Å². The Morgan fingerprint density at radius 2 is 1.42 bits per heavy atom. The van der Waals surface area contributed by atoms with Crippen molar-refractivity contribution in [3.05, 3.63) is 77.3 Å². The van der Waals surface area contributed by atoms with Crippen LogP contribution in [0.5, 0.6) is 23.0 Å². The lowest BCUT2D eigenvalue weighted by Gasteiger charge is -2.43. The number of amides is 3. The zero-order chi connectivity index (χ0) is 30.7. The summed E-state index contributed by atoms with van der Waals surface area (Å²) in [5.41, 5.74) is 5.58. The standard InChI is InChI=1S/C30H27Cl2N5O6/c1-40-20-11-7-17(8-12-20)26-25(32)28(38)37(26)36-30(39)35-29-33-21(16-5-9-19(31)10-6-16)15-22(34-29)18-13-23(41-2)27(43-4)24(14-18)42-3/h5-15,25-26H,1-4H3,(H2,33,34,35,36,39). The number of nitrogens with zero attached hydrogens (tertiary/aromatic N) is 3. The van der Waals surface area contributed by atoms with E-state index in [4.69, 9.17) is 42.1 Å². The van der Waals surface area contributed by atoms with Crippen LogP contribution in [0.4, 0.5) is 10.7 Å². The van der Waals surface area contributed by atoms with Gasteiger partial charge in [0, 0.05) is 16.1 Å². The second-order valence-electron chi connectivity index (χ2n) is 9.28. The van der Waals surface area contributed by atoms with Crippen molar-refractivity contribution >= 4 is 41.1 Å². The van der Waals surface area contributed by atoms with E-state index in [0.717, 1.165) is 16.1 Å². The molecule has 2 heterocycles. The number of benzene rings is 3. The number of methoxy groups -OCH3 is 4. The summed E-state index contributed by atoms with van der Waals surface area (Å²) in [5, 5.41) is 3.52. The molecule has 43 heavy (non-hydrogen) atoms.